The number of nitrogens with one attached hydrogen (secondary N) is 1. The maximum Gasteiger partial charge on any atom is 0.272 e. The van der Waals surface area contributed by atoms with Crippen molar-refractivity contribution in [2.75, 3.05) is 13.1 Å². The summed E-state index contributed by atoms with van der Waals surface area (Å²) in [4.78, 5) is 23.4. The Kier molecular flexibility index (Phi) is 4.90. The van der Waals surface area contributed by atoms with Crippen molar-refractivity contribution in [1.82, 2.24) is 25.1 Å². The summed E-state index contributed by atoms with van der Waals surface area (Å²) in [6, 6.07) is 8.13. The summed E-state index contributed by atoms with van der Waals surface area (Å²) < 4.78 is 13.3. The molecule has 1 aliphatic heterocycles. The molecule has 2 aromatic heterocycles. The molecule has 7 heteroatoms. The molecule has 1 amide bonds. The number of piperidine rings is 1. The zero-order valence-electron chi connectivity index (χ0n) is 15.9. The molecule has 0 radical (unpaired) electrons. The number of rotatable bonds is 3. The van der Waals surface area contributed by atoms with E-state index in [0.29, 0.717) is 24.6 Å². The Morgan fingerprint density at radius 1 is 1.21 bits per heavy atom. The van der Waals surface area contributed by atoms with Crippen LogP contribution >= 0.6 is 0 Å². The third-order valence-corrected chi connectivity index (χ3v) is 5.13. The number of nitrogens with zero attached hydrogens (tertiary/aromatic N) is 4. The van der Waals surface area contributed by atoms with Crippen LogP contribution in [0.15, 0.2) is 36.5 Å². The standard InChI is InChI=1S/C21H22FN5O/c1-13-10-19(25-14(2)24-13)21(28)27-9-3-4-16(12-27)20-18(11-23-26-20)15-5-7-17(22)8-6-15/h5-8,10-11,16H,3-4,9,12H2,1-2H3,(H,23,26)/t16-/m0/s1. The summed E-state index contributed by atoms with van der Waals surface area (Å²) in [5, 5.41) is 7.30. The molecule has 4 rings (SSSR count). The molecule has 3 aromatic rings. The number of likely N-dealkylation sites (tertiary alicyclic amines) is 1. The van der Waals surface area contributed by atoms with Crippen LogP contribution in [0.2, 0.25) is 0 Å². The van der Waals surface area contributed by atoms with E-state index in [9.17, 15) is 9.18 Å². The van der Waals surface area contributed by atoms with Crippen molar-refractivity contribution < 1.29 is 9.18 Å². The molecule has 1 aliphatic rings. The number of carbonyl (C=O) groups excluding carboxylic acids is 1. The van der Waals surface area contributed by atoms with Crippen LogP contribution in [0.4, 0.5) is 4.39 Å². The molecule has 144 valence electrons. The minimum atomic E-state index is -0.265. The summed E-state index contributed by atoms with van der Waals surface area (Å²) in [6.07, 6.45) is 3.63. The zero-order chi connectivity index (χ0) is 19.7. The van der Waals surface area contributed by atoms with E-state index < -0.39 is 0 Å². The van der Waals surface area contributed by atoms with E-state index in [1.54, 1.807) is 31.3 Å². The molecular weight excluding hydrogens is 357 g/mol. The van der Waals surface area contributed by atoms with Crippen LogP contribution in [0.5, 0.6) is 0 Å². The molecule has 0 unspecified atom stereocenters. The van der Waals surface area contributed by atoms with Crippen molar-refractivity contribution in [2.45, 2.75) is 32.6 Å². The Bertz CT molecular complexity index is 978. The van der Waals surface area contributed by atoms with Gasteiger partial charge in [0.05, 0.1) is 6.20 Å². The first-order chi connectivity index (χ1) is 13.5. The van der Waals surface area contributed by atoms with Crippen LogP contribution in [0.1, 0.15) is 46.5 Å². The first kappa shape index (κ1) is 18.3. The Balaban J connectivity index is 1.57. The van der Waals surface area contributed by atoms with Gasteiger partial charge in [0.15, 0.2) is 0 Å². The molecule has 6 nitrogen and oxygen atoms in total. The lowest BCUT2D eigenvalue weighted by Gasteiger charge is -2.32. The fourth-order valence-corrected chi connectivity index (χ4v) is 3.85. The first-order valence-electron chi connectivity index (χ1n) is 9.42. The van der Waals surface area contributed by atoms with Crippen LogP contribution in [-0.2, 0) is 0 Å². The molecule has 28 heavy (non-hydrogen) atoms. The van der Waals surface area contributed by atoms with E-state index in [4.69, 9.17) is 0 Å². The number of H-pyrrole nitrogens is 1. The molecule has 1 saturated heterocycles. The largest absolute Gasteiger partial charge is 0.337 e. The molecule has 0 spiro atoms. The molecule has 1 fully saturated rings. The van der Waals surface area contributed by atoms with Gasteiger partial charge in [0.2, 0.25) is 0 Å². The van der Waals surface area contributed by atoms with Crippen LogP contribution in [0.3, 0.4) is 0 Å². The van der Waals surface area contributed by atoms with Gasteiger partial charge in [-0.1, -0.05) is 12.1 Å². The average Bonchev–Trinajstić information content (AvgIpc) is 3.17. The second-order valence-electron chi connectivity index (χ2n) is 7.24. The van der Waals surface area contributed by atoms with Crippen LogP contribution in [-0.4, -0.2) is 44.1 Å². The number of hydrogen-bond acceptors (Lipinski definition) is 4. The van der Waals surface area contributed by atoms with Crippen LogP contribution in [0, 0.1) is 19.7 Å². The fourth-order valence-electron chi connectivity index (χ4n) is 3.85. The zero-order valence-corrected chi connectivity index (χ0v) is 15.9. The van der Waals surface area contributed by atoms with Gasteiger partial charge in [-0.05, 0) is 50.5 Å². The minimum absolute atomic E-state index is 0.0684. The SMILES string of the molecule is Cc1cc(C(=O)N2CCC[C@H](c3[nH]ncc3-c3ccc(F)cc3)C2)nc(C)n1. The van der Waals surface area contributed by atoms with Crippen molar-refractivity contribution in [1.29, 1.82) is 0 Å². The topological polar surface area (TPSA) is 74.8 Å². The molecule has 3 heterocycles. The average molecular weight is 379 g/mol. The number of aryl methyl sites for hydroxylation is 2. The number of hydrogen-bond donors (Lipinski definition) is 1. The lowest BCUT2D eigenvalue weighted by molar-refractivity contribution is 0.0699. The van der Waals surface area contributed by atoms with Gasteiger partial charge in [0.25, 0.3) is 5.91 Å². The number of aromatic nitrogens is 4. The lowest BCUT2D eigenvalue weighted by atomic mass is 9.90. The molecule has 0 bridgehead atoms. The van der Waals surface area contributed by atoms with Crippen LogP contribution in [0.25, 0.3) is 11.1 Å². The number of carbonyl (C=O) groups is 1. The maximum absolute atomic E-state index is 13.3. The minimum Gasteiger partial charge on any atom is -0.337 e. The predicted octanol–water partition coefficient (Wildman–Crippen LogP) is 3.64. The van der Waals surface area contributed by atoms with Gasteiger partial charge < -0.3 is 4.90 Å². The highest BCUT2D eigenvalue weighted by Crippen LogP contribution is 2.33. The molecule has 1 atom stereocenters. The summed E-state index contributed by atoms with van der Waals surface area (Å²) >= 11 is 0. The first-order valence-corrected chi connectivity index (χ1v) is 9.42. The van der Waals surface area contributed by atoms with E-state index in [-0.39, 0.29) is 17.6 Å². The highest BCUT2D eigenvalue weighted by Gasteiger charge is 2.29. The van der Waals surface area contributed by atoms with E-state index >= 15 is 0 Å². The Morgan fingerprint density at radius 3 is 2.75 bits per heavy atom. The number of halogens is 1. The molecule has 0 saturated carbocycles. The lowest BCUT2D eigenvalue weighted by Crippen LogP contribution is -2.39. The molecule has 1 aromatic carbocycles. The molecular formula is C21H22FN5O. The van der Waals surface area contributed by atoms with Gasteiger partial charge in [-0.15, -0.1) is 0 Å². The summed E-state index contributed by atoms with van der Waals surface area (Å²) in [7, 11) is 0. The van der Waals surface area contributed by atoms with Gasteiger partial charge in [0, 0.05) is 36.0 Å². The van der Waals surface area contributed by atoms with Crippen molar-refractivity contribution in [3.8, 4) is 11.1 Å². The summed E-state index contributed by atoms with van der Waals surface area (Å²) in [5.74, 6) is 0.410. The highest BCUT2D eigenvalue weighted by atomic mass is 19.1. The van der Waals surface area contributed by atoms with Gasteiger partial charge >= 0.3 is 0 Å². The Hall–Kier alpha value is -3.09. The number of aromatic amines is 1. The maximum atomic E-state index is 13.3. The van der Waals surface area contributed by atoms with Crippen molar-refractivity contribution in [2.24, 2.45) is 0 Å². The molecule has 1 N–H and O–H groups in total. The number of benzene rings is 1. The van der Waals surface area contributed by atoms with Crippen molar-refractivity contribution in [3.63, 3.8) is 0 Å². The Morgan fingerprint density at radius 2 is 2.00 bits per heavy atom. The van der Waals surface area contributed by atoms with Gasteiger partial charge in [-0.3, -0.25) is 9.89 Å². The van der Waals surface area contributed by atoms with E-state index in [1.165, 1.54) is 12.1 Å². The van der Waals surface area contributed by atoms with Gasteiger partial charge in [0.1, 0.15) is 17.3 Å². The predicted molar refractivity (Wildman–Crippen MR) is 103 cm³/mol. The third kappa shape index (κ3) is 3.65. The second-order valence-corrected chi connectivity index (χ2v) is 7.24. The van der Waals surface area contributed by atoms with E-state index in [2.05, 4.69) is 20.2 Å². The van der Waals surface area contributed by atoms with E-state index in [1.807, 2.05) is 11.8 Å². The normalized spacial score (nSPS) is 17.0. The van der Waals surface area contributed by atoms with E-state index in [0.717, 1.165) is 35.4 Å². The monoisotopic (exact) mass is 379 g/mol. The van der Waals surface area contributed by atoms with Crippen LogP contribution < -0.4 is 0 Å². The highest BCUT2D eigenvalue weighted by molar-refractivity contribution is 5.92. The van der Waals surface area contributed by atoms with Gasteiger partial charge in [-0.25, -0.2) is 14.4 Å². The van der Waals surface area contributed by atoms with Crippen molar-refractivity contribution in [3.05, 3.63) is 65.3 Å². The number of amides is 1. The second kappa shape index (κ2) is 7.50. The summed E-state index contributed by atoms with van der Waals surface area (Å²) in [5.41, 5.74) is 4.08. The van der Waals surface area contributed by atoms with Gasteiger partial charge in [-0.2, -0.15) is 5.10 Å². The summed E-state index contributed by atoms with van der Waals surface area (Å²) in [6.45, 7) is 4.96. The Labute approximate surface area is 162 Å². The third-order valence-electron chi connectivity index (χ3n) is 5.13. The quantitative estimate of drug-likeness (QED) is 0.754. The smallest absolute Gasteiger partial charge is 0.272 e. The fraction of sp³-hybridized carbons (Fsp3) is 0.333. The molecule has 0 aliphatic carbocycles. The van der Waals surface area contributed by atoms with Crippen molar-refractivity contribution >= 4 is 5.91 Å².